The lowest BCUT2D eigenvalue weighted by Crippen LogP contribution is -2.21. The van der Waals surface area contributed by atoms with E-state index in [1.54, 1.807) is 26.0 Å². The lowest BCUT2D eigenvalue weighted by atomic mass is 10.0. The van der Waals surface area contributed by atoms with Gasteiger partial charge in [-0.15, -0.1) is 0 Å². The summed E-state index contributed by atoms with van der Waals surface area (Å²) in [6, 6.07) is 2.08. The van der Waals surface area contributed by atoms with Crippen molar-refractivity contribution < 1.29 is 13.2 Å². The van der Waals surface area contributed by atoms with E-state index in [2.05, 4.69) is 28.6 Å². The normalized spacial score (nSPS) is 20.4. The average molecular weight is 403 g/mol. The number of nitrogens with zero attached hydrogens (tertiary/aromatic N) is 2. The van der Waals surface area contributed by atoms with Gasteiger partial charge in [0.25, 0.3) is 0 Å². The highest BCUT2D eigenvalue weighted by atomic mass is 19.4. The molecule has 1 aliphatic heterocycles. The first-order chi connectivity index (χ1) is 13.9. The zero-order chi connectivity index (χ0) is 20.9. The van der Waals surface area contributed by atoms with Crippen LogP contribution in [0, 0.1) is 0 Å². The van der Waals surface area contributed by atoms with Crippen molar-refractivity contribution in [2.24, 2.45) is 0 Å². The molecule has 0 spiro atoms. The first kappa shape index (κ1) is 21.4. The van der Waals surface area contributed by atoms with Gasteiger partial charge in [0, 0.05) is 18.7 Å². The van der Waals surface area contributed by atoms with Crippen LogP contribution in [0.15, 0.2) is 59.7 Å². The molecule has 1 aromatic heterocycles. The number of halogens is 3. The topological polar surface area (TPSA) is 29.9 Å². The molecule has 0 aromatic carbocycles. The maximum atomic E-state index is 13.3. The average Bonchev–Trinajstić information content (AvgIpc) is 3.26. The van der Waals surface area contributed by atoms with Crippen LogP contribution in [0.3, 0.4) is 0 Å². The van der Waals surface area contributed by atoms with E-state index >= 15 is 0 Å². The molecule has 2 aliphatic rings. The van der Waals surface area contributed by atoms with Crippen LogP contribution in [0.5, 0.6) is 0 Å². The van der Waals surface area contributed by atoms with Gasteiger partial charge >= 0.3 is 6.18 Å². The number of aryl methyl sites for hydroxylation is 1. The molecule has 0 amide bonds. The second-order valence-electron chi connectivity index (χ2n) is 7.32. The Hall–Kier alpha value is -2.34. The number of hydrogen-bond donors (Lipinski definition) is 1. The van der Waals surface area contributed by atoms with E-state index in [0.717, 1.165) is 38.0 Å². The molecular formula is C23H28F3N3. The predicted octanol–water partition coefficient (Wildman–Crippen LogP) is 6.05. The Bertz CT molecular complexity index is 866. The third kappa shape index (κ3) is 5.38. The van der Waals surface area contributed by atoms with Crippen molar-refractivity contribution in [3.8, 4) is 0 Å². The van der Waals surface area contributed by atoms with Crippen LogP contribution in [-0.4, -0.2) is 22.5 Å². The van der Waals surface area contributed by atoms with Gasteiger partial charge in [0.05, 0.1) is 23.0 Å². The van der Waals surface area contributed by atoms with E-state index in [4.69, 9.17) is 0 Å². The molecule has 1 aliphatic carbocycles. The molecular weight excluding hydrogens is 375 g/mol. The molecule has 0 saturated carbocycles. The van der Waals surface area contributed by atoms with Gasteiger partial charge in [0.1, 0.15) is 0 Å². The van der Waals surface area contributed by atoms with Gasteiger partial charge in [-0.25, -0.2) is 0 Å². The summed E-state index contributed by atoms with van der Waals surface area (Å²) in [7, 11) is 0. The molecule has 0 saturated heterocycles. The van der Waals surface area contributed by atoms with Gasteiger partial charge in [0.2, 0.25) is 0 Å². The van der Waals surface area contributed by atoms with Crippen LogP contribution in [-0.2, 0) is 6.54 Å². The van der Waals surface area contributed by atoms with Crippen molar-refractivity contribution in [2.75, 3.05) is 6.54 Å². The number of allylic oxidation sites excluding steroid dienone is 8. The summed E-state index contributed by atoms with van der Waals surface area (Å²) in [6.45, 7) is 5.05. The van der Waals surface area contributed by atoms with Gasteiger partial charge < -0.3 is 5.32 Å². The van der Waals surface area contributed by atoms with E-state index < -0.39 is 11.7 Å². The van der Waals surface area contributed by atoms with Gasteiger partial charge in [-0.05, 0) is 50.3 Å². The lowest BCUT2D eigenvalue weighted by molar-refractivity contribution is -0.0883. The molecule has 1 unspecified atom stereocenters. The van der Waals surface area contributed by atoms with E-state index in [9.17, 15) is 13.2 Å². The number of rotatable bonds is 7. The standard InChI is InChI=1S/C23H28F3N3/c1-3-8-18(14-19(9-4-2)23(24,25)26)21-15-22-20(12-13-29(22)28-21)27-16-17-10-6-5-7-11-17/h3,6,8-11,14-15,20,27H,4-5,7,12-13,16H2,1-2H3/b8-3-,18-14+,19-9-. The lowest BCUT2D eigenvalue weighted by Gasteiger charge is -2.14. The molecule has 156 valence electrons. The third-order valence-corrected chi connectivity index (χ3v) is 5.13. The van der Waals surface area contributed by atoms with Gasteiger partial charge in [-0.3, -0.25) is 4.68 Å². The Balaban J connectivity index is 1.82. The SMILES string of the molecule is C\C=C/C(=C\C(=C\CC)C(F)(F)F)c1cc2n(n1)CCC2NCC1=CCCC=C1. The molecule has 0 bridgehead atoms. The van der Waals surface area contributed by atoms with Crippen molar-refractivity contribution in [2.45, 2.75) is 58.3 Å². The van der Waals surface area contributed by atoms with Crippen molar-refractivity contribution in [1.29, 1.82) is 0 Å². The second kappa shape index (κ2) is 9.44. The number of hydrogen-bond acceptors (Lipinski definition) is 2. The van der Waals surface area contributed by atoms with Crippen molar-refractivity contribution in [1.82, 2.24) is 15.1 Å². The van der Waals surface area contributed by atoms with Crippen LogP contribution in [0.25, 0.3) is 5.57 Å². The molecule has 2 heterocycles. The highest BCUT2D eigenvalue weighted by Gasteiger charge is 2.32. The first-order valence-electron chi connectivity index (χ1n) is 10.2. The number of nitrogens with one attached hydrogen (secondary N) is 1. The Labute approximate surface area is 170 Å². The largest absolute Gasteiger partial charge is 0.416 e. The molecule has 3 nitrogen and oxygen atoms in total. The minimum Gasteiger partial charge on any atom is -0.304 e. The smallest absolute Gasteiger partial charge is 0.304 e. The molecule has 1 aromatic rings. The molecule has 0 radical (unpaired) electrons. The summed E-state index contributed by atoms with van der Waals surface area (Å²) in [5, 5.41) is 8.15. The highest BCUT2D eigenvalue weighted by Crippen LogP contribution is 2.32. The van der Waals surface area contributed by atoms with E-state index in [1.165, 1.54) is 17.7 Å². The fraction of sp³-hybridized carbons (Fsp3) is 0.435. The Kier molecular flexibility index (Phi) is 6.96. The summed E-state index contributed by atoms with van der Waals surface area (Å²) in [6.07, 6.45) is 11.5. The Morgan fingerprint density at radius 2 is 2.17 bits per heavy atom. The summed E-state index contributed by atoms with van der Waals surface area (Å²) in [5.74, 6) is 0. The number of alkyl halides is 3. The predicted molar refractivity (Wildman–Crippen MR) is 111 cm³/mol. The van der Waals surface area contributed by atoms with Gasteiger partial charge in [0.15, 0.2) is 0 Å². The zero-order valence-electron chi connectivity index (χ0n) is 17.0. The fourth-order valence-electron chi connectivity index (χ4n) is 3.71. The molecule has 29 heavy (non-hydrogen) atoms. The van der Waals surface area contributed by atoms with Crippen LogP contribution in [0.4, 0.5) is 13.2 Å². The highest BCUT2D eigenvalue weighted by molar-refractivity contribution is 5.74. The molecule has 6 heteroatoms. The first-order valence-corrected chi connectivity index (χ1v) is 10.2. The Morgan fingerprint density at radius 3 is 2.83 bits per heavy atom. The van der Waals surface area contributed by atoms with Crippen molar-refractivity contribution in [3.63, 3.8) is 0 Å². The summed E-state index contributed by atoms with van der Waals surface area (Å²) >= 11 is 0. The van der Waals surface area contributed by atoms with Gasteiger partial charge in [-0.2, -0.15) is 18.3 Å². The minimum absolute atomic E-state index is 0.160. The maximum Gasteiger partial charge on any atom is 0.416 e. The maximum absolute atomic E-state index is 13.3. The van der Waals surface area contributed by atoms with E-state index in [0.29, 0.717) is 17.7 Å². The van der Waals surface area contributed by atoms with E-state index in [1.807, 2.05) is 10.7 Å². The van der Waals surface area contributed by atoms with Crippen molar-refractivity contribution in [3.05, 3.63) is 71.1 Å². The molecule has 1 atom stereocenters. The van der Waals surface area contributed by atoms with Crippen molar-refractivity contribution >= 4 is 5.57 Å². The monoisotopic (exact) mass is 403 g/mol. The van der Waals surface area contributed by atoms with Gasteiger partial charge in [-0.1, -0.05) is 43.4 Å². The quantitative estimate of drug-likeness (QED) is 0.562. The fourth-order valence-corrected chi connectivity index (χ4v) is 3.71. The minimum atomic E-state index is -4.38. The van der Waals surface area contributed by atoms with Crippen LogP contribution < -0.4 is 5.32 Å². The summed E-state index contributed by atoms with van der Waals surface area (Å²) in [5.41, 5.74) is 2.73. The van der Waals surface area contributed by atoms with Crippen LogP contribution >= 0.6 is 0 Å². The molecule has 3 rings (SSSR count). The Morgan fingerprint density at radius 1 is 1.34 bits per heavy atom. The summed E-state index contributed by atoms with van der Waals surface area (Å²) < 4.78 is 41.9. The van der Waals surface area contributed by atoms with Crippen LogP contribution in [0.1, 0.15) is 57.0 Å². The third-order valence-electron chi connectivity index (χ3n) is 5.13. The zero-order valence-corrected chi connectivity index (χ0v) is 17.0. The molecule has 0 fully saturated rings. The van der Waals surface area contributed by atoms with Crippen LogP contribution in [0.2, 0.25) is 0 Å². The summed E-state index contributed by atoms with van der Waals surface area (Å²) in [4.78, 5) is 0. The number of aromatic nitrogens is 2. The number of fused-ring (bicyclic) bond motifs is 1. The second-order valence-corrected chi connectivity index (χ2v) is 7.32. The molecule has 1 N–H and O–H groups in total. The van der Waals surface area contributed by atoms with E-state index in [-0.39, 0.29) is 6.04 Å².